The Morgan fingerprint density at radius 1 is 0.969 bits per heavy atom. The van der Waals surface area contributed by atoms with Crippen molar-refractivity contribution in [1.82, 2.24) is 0 Å². The van der Waals surface area contributed by atoms with E-state index in [4.69, 9.17) is 4.74 Å². The van der Waals surface area contributed by atoms with E-state index in [0.29, 0.717) is 11.3 Å². The Hall–Kier alpha value is -3.61. The fourth-order valence-electron chi connectivity index (χ4n) is 5.05. The van der Waals surface area contributed by atoms with Gasteiger partial charge in [0.05, 0.1) is 23.1 Å². The van der Waals surface area contributed by atoms with E-state index in [2.05, 4.69) is 0 Å². The van der Waals surface area contributed by atoms with Gasteiger partial charge in [-0.2, -0.15) is 0 Å². The van der Waals surface area contributed by atoms with Gasteiger partial charge in [0.25, 0.3) is 0 Å². The number of halogens is 1. The van der Waals surface area contributed by atoms with Gasteiger partial charge >= 0.3 is 5.97 Å². The zero-order valence-corrected chi connectivity index (χ0v) is 17.3. The number of allylic oxidation sites excluding steroid dienone is 2. The largest absolute Gasteiger partial charge is 0.454 e. The van der Waals surface area contributed by atoms with Crippen molar-refractivity contribution in [3.63, 3.8) is 0 Å². The molecule has 4 atom stereocenters. The van der Waals surface area contributed by atoms with Crippen LogP contribution >= 0.6 is 0 Å². The number of aryl methyl sites for hydroxylation is 1. The molecule has 1 aliphatic heterocycles. The monoisotopic (exact) mass is 433 g/mol. The summed E-state index contributed by atoms with van der Waals surface area (Å²) in [5.74, 6) is -2.61. The first-order chi connectivity index (χ1) is 15.3. The van der Waals surface area contributed by atoms with Crippen molar-refractivity contribution in [1.29, 1.82) is 0 Å². The summed E-state index contributed by atoms with van der Waals surface area (Å²) in [6.07, 6.45) is 4.90. The molecule has 3 aliphatic rings. The van der Waals surface area contributed by atoms with E-state index in [1.807, 2.05) is 12.2 Å². The predicted molar refractivity (Wildman–Crippen MR) is 112 cm³/mol. The molecular formula is C25H20FNO5. The molecule has 1 heterocycles. The molecule has 1 saturated heterocycles. The number of nitrogens with zero attached hydrogens (tertiary/aromatic N) is 1. The molecular weight excluding hydrogens is 413 g/mol. The van der Waals surface area contributed by atoms with Crippen LogP contribution in [0.15, 0.2) is 54.6 Å². The number of esters is 1. The number of fused-ring (bicyclic) bond motifs is 5. The molecule has 2 amide bonds. The molecule has 0 spiro atoms. The Kier molecular flexibility index (Phi) is 4.77. The number of anilines is 1. The van der Waals surface area contributed by atoms with Gasteiger partial charge in [-0.25, -0.2) is 14.1 Å². The summed E-state index contributed by atoms with van der Waals surface area (Å²) in [6, 6.07) is 9.59. The molecule has 2 aliphatic carbocycles. The van der Waals surface area contributed by atoms with Gasteiger partial charge in [-0.3, -0.25) is 14.4 Å². The molecule has 0 unspecified atom stereocenters. The van der Waals surface area contributed by atoms with Crippen LogP contribution in [0.3, 0.4) is 0 Å². The van der Waals surface area contributed by atoms with E-state index >= 15 is 0 Å². The number of ether oxygens (including phenoxy) is 1. The number of Topliss-reactive ketones (excluding diaryl/α,β-unsaturated/α-hetero) is 1. The topological polar surface area (TPSA) is 80.8 Å². The van der Waals surface area contributed by atoms with Crippen LogP contribution in [-0.2, 0) is 14.3 Å². The average Bonchev–Trinajstić information content (AvgIpc) is 3.47. The van der Waals surface area contributed by atoms with Crippen LogP contribution in [0.1, 0.15) is 32.7 Å². The number of hydrogen-bond acceptors (Lipinski definition) is 5. The van der Waals surface area contributed by atoms with Gasteiger partial charge in [0.2, 0.25) is 11.8 Å². The minimum absolute atomic E-state index is 0.0948. The highest BCUT2D eigenvalue weighted by Crippen LogP contribution is 2.53. The predicted octanol–water partition coefficient (Wildman–Crippen LogP) is 3.49. The van der Waals surface area contributed by atoms with E-state index in [9.17, 15) is 23.6 Å². The fraction of sp³-hybridized carbons (Fsp3) is 0.280. The third-order valence-corrected chi connectivity index (χ3v) is 6.66. The molecule has 5 rings (SSSR count). The lowest BCUT2D eigenvalue weighted by Crippen LogP contribution is -2.33. The highest BCUT2D eigenvalue weighted by atomic mass is 19.1. The zero-order chi connectivity index (χ0) is 22.6. The summed E-state index contributed by atoms with van der Waals surface area (Å²) in [5.41, 5.74) is 1.42. The normalized spacial score (nSPS) is 25.4. The molecule has 2 aromatic carbocycles. The SMILES string of the molecule is Cc1ccc(C(=O)OCC(=O)c2ccc(F)cc2)cc1N1C(=O)[C@@H]2[C@H](C1=O)[C@H]1C=C[C@H]2C1. The number of imide groups is 1. The number of hydrogen-bond donors (Lipinski definition) is 0. The fourth-order valence-corrected chi connectivity index (χ4v) is 5.05. The average molecular weight is 433 g/mol. The van der Waals surface area contributed by atoms with Crippen molar-refractivity contribution in [3.8, 4) is 0 Å². The van der Waals surface area contributed by atoms with Crippen LogP contribution in [-0.4, -0.2) is 30.2 Å². The van der Waals surface area contributed by atoms with Crippen molar-refractivity contribution < 1.29 is 28.3 Å². The maximum Gasteiger partial charge on any atom is 0.338 e. The number of amides is 2. The lowest BCUT2D eigenvalue weighted by Gasteiger charge is -2.20. The molecule has 0 radical (unpaired) electrons. The van der Waals surface area contributed by atoms with Crippen molar-refractivity contribution >= 4 is 29.3 Å². The van der Waals surface area contributed by atoms with Crippen molar-refractivity contribution in [3.05, 3.63) is 77.1 Å². The lowest BCUT2D eigenvalue weighted by atomic mass is 9.85. The highest BCUT2D eigenvalue weighted by molar-refractivity contribution is 6.23. The summed E-state index contributed by atoms with van der Waals surface area (Å²) in [7, 11) is 0. The van der Waals surface area contributed by atoms with Crippen LogP contribution in [0, 0.1) is 36.4 Å². The second kappa shape index (κ2) is 7.51. The Bertz CT molecular complexity index is 1160. The van der Waals surface area contributed by atoms with Crippen molar-refractivity contribution in [2.75, 3.05) is 11.5 Å². The summed E-state index contributed by atoms with van der Waals surface area (Å²) in [6.45, 7) is 1.26. The van der Waals surface area contributed by atoms with Gasteiger partial charge in [-0.05, 0) is 67.1 Å². The van der Waals surface area contributed by atoms with Gasteiger partial charge in [-0.15, -0.1) is 0 Å². The van der Waals surface area contributed by atoms with Crippen molar-refractivity contribution in [2.45, 2.75) is 13.3 Å². The molecule has 162 valence electrons. The number of rotatable bonds is 5. The molecule has 32 heavy (non-hydrogen) atoms. The smallest absolute Gasteiger partial charge is 0.338 e. The summed E-state index contributed by atoms with van der Waals surface area (Å²) >= 11 is 0. The first kappa shape index (κ1) is 20.3. The van der Waals surface area contributed by atoms with Crippen LogP contribution < -0.4 is 4.90 Å². The Labute approximate surface area is 183 Å². The van der Waals surface area contributed by atoms with E-state index < -0.39 is 24.2 Å². The van der Waals surface area contributed by atoms with Gasteiger partial charge in [0.15, 0.2) is 12.4 Å². The maximum atomic E-state index is 13.1. The minimum atomic E-state index is -0.747. The zero-order valence-electron chi connectivity index (χ0n) is 17.3. The van der Waals surface area contributed by atoms with Gasteiger partial charge in [0.1, 0.15) is 5.82 Å². The lowest BCUT2D eigenvalue weighted by molar-refractivity contribution is -0.123. The van der Waals surface area contributed by atoms with Gasteiger partial charge in [0, 0.05) is 5.56 Å². The molecule has 2 aromatic rings. The maximum absolute atomic E-state index is 13.1. The summed E-state index contributed by atoms with van der Waals surface area (Å²) < 4.78 is 18.1. The Morgan fingerprint density at radius 3 is 2.19 bits per heavy atom. The molecule has 2 fully saturated rings. The minimum Gasteiger partial charge on any atom is -0.454 e. The first-order valence-electron chi connectivity index (χ1n) is 10.5. The van der Waals surface area contributed by atoms with Crippen LogP contribution in [0.4, 0.5) is 10.1 Å². The van der Waals surface area contributed by atoms with Gasteiger partial charge in [-0.1, -0.05) is 18.2 Å². The summed E-state index contributed by atoms with van der Waals surface area (Å²) in [4.78, 5) is 52.1. The second-order valence-corrected chi connectivity index (χ2v) is 8.52. The Morgan fingerprint density at radius 2 is 1.56 bits per heavy atom. The van der Waals surface area contributed by atoms with Crippen molar-refractivity contribution in [2.24, 2.45) is 23.7 Å². The van der Waals surface area contributed by atoms with Crippen LogP contribution in [0.25, 0.3) is 0 Å². The number of carbonyl (C=O) groups excluding carboxylic acids is 4. The van der Waals surface area contributed by atoms with Crippen LogP contribution in [0.2, 0.25) is 0 Å². The standard InChI is InChI=1S/C25H20FNO5/c1-13-2-3-17(25(31)32-12-20(28)14-6-8-18(26)9-7-14)11-19(13)27-23(29)21-15-4-5-16(10-15)22(21)24(27)30/h2-9,11,15-16,21-22H,10,12H2,1H3/t15-,16-,21-,22+/m0/s1. The second-order valence-electron chi connectivity index (χ2n) is 8.52. The molecule has 1 saturated carbocycles. The molecule has 0 N–H and O–H groups in total. The molecule has 2 bridgehead atoms. The first-order valence-corrected chi connectivity index (χ1v) is 10.5. The summed E-state index contributed by atoms with van der Waals surface area (Å²) in [5, 5.41) is 0. The molecule has 0 aromatic heterocycles. The number of carbonyl (C=O) groups is 4. The molecule has 7 heteroatoms. The number of ketones is 1. The van der Waals surface area contributed by atoms with Crippen LogP contribution in [0.5, 0.6) is 0 Å². The highest BCUT2D eigenvalue weighted by Gasteiger charge is 2.59. The quantitative estimate of drug-likeness (QED) is 0.312. The number of benzene rings is 2. The van der Waals surface area contributed by atoms with E-state index in [1.54, 1.807) is 13.0 Å². The Balaban J connectivity index is 1.33. The third-order valence-electron chi connectivity index (χ3n) is 6.66. The van der Waals surface area contributed by atoms with E-state index in [1.165, 1.54) is 29.2 Å². The van der Waals surface area contributed by atoms with Gasteiger partial charge < -0.3 is 4.74 Å². The molecule has 6 nitrogen and oxygen atoms in total. The third kappa shape index (κ3) is 3.16. The van der Waals surface area contributed by atoms with E-state index in [0.717, 1.165) is 18.6 Å². The van der Waals surface area contributed by atoms with E-state index in [-0.39, 0.29) is 46.6 Å².